The summed E-state index contributed by atoms with van der Waals surface area (Å²) >= 11 is 7.46. The minimum absolute atomic E-state index is 0.0762. The zero-order valence-electron chi connectivity index (χ0n) is 20.1. The minimum Gasteiger partial charge on any atom is -0.283 e. The normalized spacial score (nSPS) is 15.7. The molecule has 3 heterocycles. The van der Waals surface area contributed by atoms with Gasteiger partial charge in [-0.1, -0.05) is 11.6 Å². The van der Waals surface area contributed by atoms with Gasteiger partial charge in [-0.15, -0.1) is 11.3 Å². The molecule has 0 N–H and O–H groups in total. The molecule has 0 radical (unpaired) electrons. The van der Waals surface area contributed by atoms with Gasteiger partial charge in [0.15, 0.2) is 0 Å². The summed E-state index contributed by atoms with van der Waals surface area (Å²) in [6, 6.07) is 10.0. The zero-order valence-corrected chi connectivity index (χ0v) is 22.5. The molecule has 1 fully saturated rings. The molecule has 0 unspecified atom stereocenters. The van der Waals surface area contributed by atoms with Crippen LogP contribution in [0.15, 0.2) is 53.5 Å². The molecule has 1 aliphatic rings. The fraction of sp³-hybridized carbons (Fsp3) is 0.259. The lowest BCUT2D eigenvalue weighted by molar-refractivity contribution is 0.549. The average Bonchev–Trinajstić information content (AvgIpc) is 3.24. The van der Waals surface area contributed by atoms with E-state index in [0.717, 1.165) is 17.2 Å². The first kappa shape index (κ1) is 25.8. The van der Waals surface area contributed by atoms with E-state index in [0.29, 0.717) is 44.7 Å². The van der Waals surface area contributed by atoms with E-state index in [4.69, 9.17) is 16.6 Å². The van der Waals surface area contributed by atoms with E-state index in [1.807, 2.05) is 13.8 Å². The molecule has 4 aromatic rings. The zero-order chi connectivity index (χ0) is 26.5. The number of hydrogen-bond donors (Lipinski definition) is 0. The number of rotatable bonds is 4. The summed E-state index contributed by atoms with van der Waals surface area (Å²) in [6.45, 7) is 3.73. The fourth-order valence-electron chi connectivity index (χ4n) is 4.79. The second kappa shape index (κ2) is 9.78. The second-order valence-electron chi connectivity index (χ2n) is 9.29. The Bertz CT molecular complexity index is 1660. The van der Waals surface area contributed by atoms with Gasteiger partial charge in [-0.05, 0) is 68.1 Å². The summed E-state index contributed by atoms with van der Waals surface area (Å²) in [4.78, 5) is 18.2. The molecule has 0 amide bonds. The smallest absolute Gasteiger partial charge is 0.255 e. The lowest BCUT2D eigenvalue weighted by Crippen LogP contribution is -2.22. The molecule has 192 valence electrons. The number of hydrogen-bond acceptors (Lipinski definition) is 5. The van der Waals surface area contributed by atoms with Crippen LogP contribution in [0.25, 0.3) is 27.4 Å². The van der Waals surface area contributed by atoms with E-state index in [1.54, 1.807) is 24.4 Å². The Labute approximate surface area is 222 Å². The van der Waals surface area contributed by atoms with Crippen molar-refractivity contribution >= 4 is 32.8 Å². The number of benzene rings is 2. The lowest BCUT2D eigenvalue weighted by atomic mass is 10.0. The van der Waals surface area contributed by atoms with Crippen LogP contribution in [0.1, 0.15) is 34.9 Å². The summed E-state index contributed by atoms with van der Waals surface area (Å²) in [7, 11) is -3.07. The number of thiazole rings is 1. The second-order valence-corrected chi connectivity index (χ2v) is 13.1. The van der Waals surface area contributed by atoms with Gasteiger partial charge in [-0.2, -0.15) is 0 Å². The van der Waals surface area contributed by atoms with Crippen molar-refractivity contribution in [1.29, 1.82) is 0 Å². The third-order valence-corrected chi connectivity index (χ3v) is 9.79. The van der Waals surface area contributed by atoms with Crippen molar-refractivity contribution in [1.82, 2.24) is 9.55 Å². The maximum absolute atomic E-state index is 14.9. The molecule has 5 rings (SSSR count). The topological polar surface area (TPSA) is 69.0 Å². The summed E-state index contributed by atoms with van der Waals surface area (Å²) in [6.07, 6.45) is 2.53. The van der Waals surface area contributed by atoms with Crippen LogP contribution in [0, 0.1) is 25.5 Å². The van der Waals surface area contributed by atoms with Crippen LogP contribution in [0.4, 0.5) is 8.78 Å². The van der Waals surface area contributed by atoms with Crippen molar-refractivity contribution in [3.05, 3.63) is 91.8 Å². The fourth-order valence-corrected chi connectivity index (χ4v) is 7.89. The average molecular weight is 561 g/mol. The van der Waals surface area contributed by atoms with Crippen molar-refractivity contribution in [3.63, 3.8) is 0 Å². The van der Waals surface area contributed by atoms with Gasteiger partial charge in [0.1, 0.15) is 21.5 Å². The molecule has 0 bridgehead atoms. The van der Waals surface area contributed by atoms with Crippen LogP contribution < -0.4 is 5.56 Å². The molecule has 37 heavy (non-hydrogen) atoms. The molecule has 1 aliphatic heterocycles. The maximum atomic E-state index is 14.9. The Kier molecular flexibility index (Phi) is 6.81. The highest BCUT2D eigenvalue weighted by molar-refractivity contribution is 7.91. The molecule has 0 saturated carbocycles. The van der Waals surface area contributed by atoms with Gasteiger partial charge >= 0.3 is 0 Å². The highest BCUT2D eigenvalue weighted by atomic mass is 35.5. The van der Waals surface area contributed by atoms with Gasteiger partial charge in [0.2, 0.25) is 0 Å². The van der Waals surface area contributed by atoms with Gasteiger partial charge in [0, 0.05) is 40.4 Å². The number of sulfone groups is 1. The van der Waals surface area contributed by atoms with E-state index in [-0.39, 0.29) is 28.5 Å². The quantitative estimate of drug-likeness (QED) is 0.287. The van der Waals surface area contributed by atoms with Crippen molar-refractivity contribution in [2.24, 2.45) is 0 Å². The molecular weight excluding hydrogens is 538 g/mol. The van der Waals surface area contributed by atoms with Crippen LogP contribution >= 0.6 is 22.9 Å². The van der Waals surface area contributed by atoms with Crippen LogP contribution in [-0.2, 0) is 9.84 Å². The van der Waals surface area contributed by atoms with Crippen molar-refractivity contribution in [2.45, 2.75) is 32.6 Å². The van der Waals surface area contributed by atoms with Crippen LogP contribution in [0.3, 0.4) is 0 Å². The highest BCUT2D eigenvalue weighted by Crippen LogP contribution is 2.42. The largest absolute Gasteiger partial charge is 0.283 e. The highest BCUT2D eigenvalue weighted by Gasteiger charge is 2.29. The first-order chi connectivity index (χ1) is 17.5. The SMILES string of the molecule is Cc1cc(Cl)cc(C)c1-n1cc(-c2nc(C3CCS(=O)(=O)CC3)sc2-c2ccc(F)cc2F)ccc1=O. The Balaban J connectivity index is 1.68. The Hall–Kier alpha value is -2.88. The van der Waals surface area contributed by atoms with Gasteiger partial charge < -0.3 is 0 Å². The first-order valence-corrected chi connectivity index (χ1v) is 14.7. The number of pyridine rings is 1. The number of aryl methyl sites for hydroxylation is 2. The number of nitrogens with zero attached hydrogens (tertiary/aromatic N) is 2. The lowest BCUT2D eigenvalue weighted by Gasteiger charge is -2.19. The molecule has 1 saturated heterocycles. The predicted molar refractivity (Wildman–Crippen MR) is 144 cm³/mol. The summed E-state index contributed by atoms with van der Waals surface area (Å²) in [5, 5.41) is 1.26. The summed E-state index contributed by atoms with van der Waals surface area (Å²) in [5.41, 5.74) is 3.31. The molecule has 0 spiro atoms. The van der Waals surface area contributed by atoms with Crippen molar-refractivity contribution in [3.8, 4) is 27.4 Å². The van der Waals surface area contributed by atoms with Gasteiger partial charge in [-0.25, -0.2) is 22.2 Å². The number of halogens is 3. The minimum atomic E-state index is -3.07. The van der Waals surface area contributed by atoms with E-state index in [9.17, 15) is 22.0 Å². The van der Waals surface area contributed by atoms with E-state index in [1.165, 1.54) is 34.1 Å². The molecule has 2 aromatic heterocycles. The van der Waals surface area contributed by atoms with Crippen molar-refractivity contribution in [2.75, 3.05) is 11.5 Å². The summed E-state index contributed by atoms with van der Waals surface area (Å²) < 4.78 is 54.1. The number of aromatic nitrogens is 2. The van der Waals surface area contributed by atoms with Gasteiger partial charge in [-0.3, -0.25) is 9.36 Å². The van der Waals surface area contributed by atoms with Crippen LogP contribution in [-0.4, -0.2) is 29.5 Å². The van der Waals surface area contributed by atoms with Gasteiger partial charge in [0.05, 0.1) is 32.8 Å². The van der Waals surface area contributed by atoms with Crippen LogP contribution in [0.2, 0.25) is 5.02 Å². The molecule has 10 heteroatoms. The van der Waals surface area contributed by atoms with E-state index in [2.05, 4.69) is 0 Å². The molecule has 5 nitrogen and oxygen atoms in total. The third-order valence-electron chi connectivity index (χ3n) is 6.60. The molecular formula is C27H23ClF2N2O3S2. The van der Waals surface area contributed by atoms with Crippen LogP contribution in [0.5, 0.6) is 0 Å². The van der Waals surface area contributed by atoms with Crippen molar-refractivity contribution < 1.29 is 17.2 Å². The van der Waals surface area contributed by atoms with Gasteiger partial charge in [0.25, 0.3) is 5.56 Å². The first-order valence-electron chi connectivity index (χ1n) is 11.7. The Morgan fingerprint density at radius 3 is 2.35 bits per heavy atom. The molecule has 0 atom stereocenters. The maximum Gasteiger partial charge on any atom is 0.255 e. The molecule has 2 aromatic carbocycles. The van der Waals surface area contributed by atoms with E-state index < -0.39 is 21.5 Å². The summed E-state index contributed by atoms with van der Waals surface area (Å²) in [5.74, 6) is -1.34. The standard InChI is InChI=1S/C27H23ClF2N2O3S2/c1-15-11-19(28)12-16(2)25(15)32-14-18(3-6-23(32)33)24-26(21-5-4-20(29)13-22(21)30)36-27(31-24)17-7-9-37(34,35)10-8-17/h3-6,11-14,17H,7-10H2,1-2H3. The predicted octanol–water partition coefficient (Wildman–Crippen LogP) is 6.47. The Morgan fingerprint density at radius 2 is 1.70 bits per heavy atom. The third kappa shape index (κ3) is 5.12. The monoisotopic (exact) mass is 560 g/mol. The Morgan fingerprint density at radius 1 is 1.03 bits per heavy atom. The van der Waals surface area contributed by atoms with E-state index >= 15 is 0 Å². The molecule has 0 aliphatic carbocycles.